The quantitative estimate of drug-likeness (QED) is 0.390. The van der Waals surface area contributed by atoms with Crippen LogP contribution < -0.4 is 0 Å². The van der Waals surface area contributed by atoms with E-state index in [1.807, 2.05) is 0 Å². The van der Waals surface area contributed by atoms with Crippen LogP contribution in [0.4, 0.5) is 0 Å². The molecule has 1 aliphatic rings. The van der Waals surface area contributed by atoms with E-state index in [4.69, 9.17) is 4.74 Å². The van der Waals surface area contributed by atoms with Crippen molar-refractivity contribution in [2.75, 3.05) is 6.61 Å². The minimum atomic E-state index is -0.0432. The van der Waals surface area contributed by atoms with Gasteiger partial charge < -0.3 is 9.84 Å². The monoisotopic (exact) mass is 256 g/mol. The van der Waals surface area contributed by atoms with Gasteiger partial charge in [-0.1, -0.05) is 64.7 Å². The number of aliphatic hydroxyl groups is 1. The second kappa shape index (κ2) is 10.8. The molecule has 2 nitrogen and oxygen atoms in total. The highest BCUT2D eigenvalue weighted by molar-refractivity contribution is 4.68. The van der Waals surface area contributed by atoms with E-state index in [-0.39, 0.29) is 6.10 Å². The van der Waals surface area contributed by atoms with Gasteiger partial charge in [0.1, 0.15) is 0 Å². The van der Waals surface area contributed by atoms with Gasteiger partial charge in [-0.25, -0.2) is 0 Å². The fourth-order valence-electron chi connectivity index (χ4n) is 2.47. The molecule has 1 rings (SSSR count). The fourth-order valence-corrected chi connectivity index (χ4v) is 2.47. The molecular weight excluding hydrogens is 224 g/mol. The normalized spacial score (nSPS) is 20.0. The van der Waals surface area contributed by atoms with Crippen LogP contribution in [-0.4, -0.2) is 23.9 Å². The van der Waals surface area contributed by atoms with Gasteiger partial charge in [-0.3, -0.25) is 0 Å². The first-order chi connectivity index (χ1) is 8.83. The lowest BCUT2D eigenvalue weighted by molar-refractivity contribution is 0.147. The van der Waals surface area contributed by atoms with Crippen LogP contribution in [0.2, 0.25) is 0 Å². The summed E-state index contributed by atoms with van der Waals surface area (Å²) in [5.41, 5.74) is 0. The summed E-state index contributed by atoms with van der Waals surface area (Å²) in [5, 5.41) is 9.84. The molecule has 0 aromatic heterocycles. The Bertz CT molecular complexity index is 178. The van der Waals surface area contributed by atoms with Gasteiger partial charge in [0, 0.05) is 0 Å². The van der Waals surface area contributed by atoms with Gasteiger partial charge in [0.15, 0.2) is 0 Å². The van der Waals surface area contributed by atoms with E-state index in [1.54, 1.807) is 0 Å². The molecule has 1 heterocycles. The van der Waals surface area contributed by atoms with Crippen molar-refractivity contribution in [3.63, 3.8) is 0 Å². The summed E-state index contributed by atoms with van der Waals surface area (Å²) in [6, 6.07) is 0. The van der Waals surface area contributed by atoms with Crippen molar-refractivity contribution in [3.8, 4) is 0 Å². The Morgan fingerprint density at radius 3 is 2.06 bits per heavy atom. The lowest BCUT2D eigenvalue weighted by Crippen LogP contribution is -2.05. The van der Waals surface area contributed by atoms with Crippen LogP contribution in [0.25, 0.3) is 0 Å². The minimum Gasteiger partial charge on any atom is -0.393 e. The van der Waals surface area contributed by atoms with Gasteiger partial charge >= 0.3 is 0 Å². The summed E-state index contributed by atoms with van der Waals surface area (Å²) in [5.74, 6) is 0. The number of aliphatic hydroxyl groups excluding tert-OH is 1. The molecule has 0 bridgehead atoms. The molecule has 0 saturated carbocycles. The second-order valence-electron chi connectivity index (χ2n) is 5.80. The largest absolute Gasteiger partial charge is 0.393 e. The van der Waals surface area contributed by atoms with E-state index >= 15 is 0 Å². The Balaban J connectivity index is 1.73. The maximum absolute atomic E-state index is 9.84. The highest BCUT2D eigenvalue weighted by atomic mass is 16.6. The summed E-state index contributed by atoms with van der Waals surface area (Å²) >= 11 is 0. The lowest BCUT2D eigenvalue weighted by atomic mass is 10.0. The number of ether oxygens (including phenoxy) is 1. The molecule has 108 valence electrons. The van der Waals surface area contributed by atoms with E-state index in [1.165, 1.54) is 64.2 Å². The molecule has 2 atom stereocenters. The van der Waals surface area contributed by atoms with Gasteiger partial charge in [-0.2, -0.15) is 0 Å². The Labute approximate surface area is 113 Å². The predicted molar refractivity (Wildman–Crippen MR) is 76.8 cm³/mol. The SMILES string of the molecule is CCCCCCCC(O)CCCCCCC1CO1. The summed E-state index contributed by atoms with van der Waals surface area (Å²) in [7, 11) is 0. The maximum Gasteiger partial charge on any atom is 0.0810 e. The van der Waals surface area contributed by atoms with Crippen molar-refractivity contribution < 1.29 is 9.84 Å². The van der Waals surface area contributed by atoms with Gasteiger partial charge in [0.25, 0.3) is 0 Å². The molecule has 1 fully saturated rings. The summed E-state index contributed by atoms with van der Waals surface area (Å²) in [4.78, 5) is 0. The first kappa shape index (κ1) is 16.0. The Hall–Kier alpha value is -0.0800. The first-order valence-corrected chi connectivity index (χ1v) is 8.12. The van der Waals surface area contributed by atoms with E-state index < -0.39 is 0 Å². The molecule has 18 heavy (non-hydrogen) atoms. The van der Waals surface area contributed by atoms with E-state index in [0.29, 0.717) is 6.10 Å². The molecule has 0 aromatic rings. The smallest absolute Gasteiger partial charge is 0.0810 e. The zero-order chi connectivity index (χ0) is 13.1. The third-order valence-corrected chi connectivity index (χ3v) is 3.86. The zero-order valence-corrected chi connectivity index (χ0v) is 12.2. The minimum absolute atomic E-state index is 0.0432. The van der Waals surface area contributed by atoms with Gasteiger partial charge in [0.2, 0.25) is 0 Å². The number of hydrogen-bond acceptors (Lipinski definition) is 2. The molecule has 0 amide bonds. The van der Waals surface area contributed by atoms with Gasteiger partial charge in [-0.05, 0) is 19.3 Å². The lowest BCUT2D eigenvalue weighted by Gasteiger charge is -2.10. The van der Waals surface area contributed by atoms with E-state index in [2.05, 4.69) is 6.92 Å². The standard InChI is InChI=1S/C16H32O2/c1-2-3-4-5-8-11-15(17)12-9-6-7-10-13-16-14-18-16/h15-17H,2-14H2,1H3. The summed E-state index contributed by atoms with van der Waals surface area (Å²) < 4.78 is 5.19. The molecule has 0 spiro atoms. The molecule has 1 N–H and O–H groups in total. The predicted octanol–water partition coefficient (Wildman–Crippen LogP) is 4.45. The van der Waals surface area contributed by atoms with Gasteiger partial charge in [-0.15, -0.1) is 0 Å². The van der Waals surface area contributed by atoms with Crippen LogP contribution >= 0.6 is 0 Å². The Morgan fingerprint density at radius 2 is 1.50 bits per heavy atom. The zero-order valence-electron chi connectivity index (χ0n) is 12.2. The number of hydrogen-bond donors (Lipinski definition) is 1. The van der Waals surface area contributed by atoms with E-state index in [0.717, 1.165) is 19.4 Å². The van der Waals surface area contributed by atoms with Crippen LogP contribution in [0.15, 0.2) is 0 Å². The van der Waals surface area contributed by atoms with Crippen LogP contribution in [0.1, 0.15) is 84.0 Å². The highest BCUT2D eigenvalue weighted by Gasteiger charge is 2.20. The van der Waals surface area contributed by atoms with Crippen molar-refractivity contribution in [2.45, 2.75) is 96.2 Å². The first-order valence-electron chi connectivity index (χ1n) is 8.12. The summed E-state index contributed by atoms with van der Waals surface area (Å²) in [6.07, 6.45) is 15.4. The Morgan fingerprint density at radius 1 is 0.944 bits per heavy atom. The third-order valence-electron chi connectivity index (χ3n) is 3.86. The average molecular weight is 256 g/mol. The van der Waals surface area contributed by atoms with Crippen LogP contribution in [0.3, 0.4) is 0 Å². The average Bonchev–Trinajstić information content (AvgIpc) is 3.17. The van der Waals surface area contributed by atoms with Crippen molar-refractivity contribution in [2.24, 2.45) is 0 Å². The fraction of sp³-hybridized carbons (Fsp3) is 1.00. The molecular formula is C16H32O2. The van der Waals surface area contributed by atoms with Crippen molar-refractivity contribution in [1.82, 2.24) is 0 Å². The molecule has 1 saturated heterocycles. The van der Waals surface area contributed by atoms with Crippen molar-refractivity contribution >= 4 is 0 Å². The topological polar surface area (TPSA) is 32.8 Å². The molecule has 0 aromatic carbocycles. The third kappa shape index (κ3) is 9.90. The second-order valence-corrected chi connectivity index (χ2v) is 5.80. The maximum atomic E-state index is 9.84. The van der Waals surface area contributed by atoms with Crippen molar-refractivity contribution in [3.05, 3.63) is 0 Å². The molecule has 1 aliphatic heterocycles. The van der Waals surface area contributed by atoms with Crippen LogP contribution in [-0.2, 0) is 4.74 Å². The highest BCUT2D eigenvalue weighted by Crippen LogP contribution is 2.18. The van der Waals surface area contributed by atoms with Crippen molar-refractivity contribution in [1.29, 1.82) is 0 Å². The molecule has 0 aliphatic carbocycles. The number of rotatable bonds is 13. The van der Waals surface area contributed by atoms with Crippen LogP contribution in [0, 0.1) is 0 Å². The summed E-state index contributed by atoms with van der Waals surface area (Å²) in [6.45, 7) is 3.24. The van der Waals surface area contributed by atoms with E-state index in [9.17, 15) is 5.11 Å². The Kier molecular flexibility index (Phi) is 9.59. The van der Waals surface area contributed by atoms with Gasteiger partial charge in [0.05, 0.1) is 18.8 Å². The molecule has 2 unspecified atom stereocenters. The molecule has 2 heteroatoms. The number of epoxide rings is 1. The van der Waals surface area contributed by atoms with Crippen LogP contribution in [0.5, 0.6) is 0 Å². The number of unbranched alkanes of at least 4 members (excludes halogenated alkanes) is 7. The molecule has 0 radical (unpaired) electrons.